The van der Waals surface area contributed by atoms with Crippen LogP contribution in [0.1, 0.15) is 20.3 Å². The van der Waals surface area contributed by atoms with Crippen LogP contribution in [0.2, 0.25) is 0 Å². The van der Waals surface area contributed by atoms with Crippen molar-refractivity contribution in [1.29, 1.82) is 0 Å². The molecule has 0 bridgehead atoms. The molecule has 2 unspecified atom stereocenters. The Bertz CT molecular complexity index is 221. The molecule has 1 N–H and O–H groups in total. The van der Waals surface area contributed by atoms with Gasteiger partial charge in [-0.1, -0.05) is 6.92 Å². The van der Waals surface area contributed by atoms with Gasteiger partial charge in [-0.05, 0) is 19.9 Å². The van der Waals surface area contributed by atoms with Crippen LogP contribution >= 0.6 is 0 Å². The molecule has 1 rings (SSSR count). The molecule has 0 saturated carbocycles. The lowest BCUT2D eigenvalue weighted by Crippen LogP contribution is -2.49. The average Bonchev–Trinajstić information content (AvgIpc) is 2.39. The molecular formula is C14H30N2O3. The third-order valence-corrected chi connectivity index (χ3v) is 3.45. The molecule has 0 aromatic heterocycles. The van der Waals surface area contributed by atoms with Gasteiger partial charge < -0.3 is 19.5 Å². The Hall–Kier alpha value is -0.200. The van der Waals surface area contributed by atoms with Crippen molar-refractivity contribution in [1.82, 2.24) is 9.80 Å². The molecule has 0 radical (unpaired) electrons. The summed E-state index contributed by atoms with van der Waals surface area (Å²) in [6.07, 6.45) is 0.853. The first-order valence-electron chi connectivity index (χ1n) is 7.39. The summed E-state index contributed by atoms with van der Waals surface area (Å²) in [5.74, 6) is 0. The van der Waals surface area contributed by atoms with Crippen molar-refractivity contribution in [3.05, 3.63) is 0 Å². The number of hydrogen-bond donors (Lipinski definition) is 1. The third kappa shape index (κ3) is 7.22. The Labute approximate surface area is 117 Å². The minimum absolute atomic E-state index is 0.0426. The van der Waals surface area contributed by atoms with E-state index in [-0.39, 0.29) is 6.10 Å². The molecule has 0 amide bonds. The Kier molecular flexibility index (Phi) is 8.57. The number of β-amino-alcohol motifs (C(OH)–C–C–N with tert-alkyl or cyclic N) is 1. The molecule has 5 heteroatoms. The first kappa shape index (κ1) is 16.9. The number of methoxy groups -OCH3 is 1. The maximum absolute atomic E-state index is 9.97. The molecule has 5 nitrogen and oxygen atoms in total. The van der Waals surface area contributed by atoms with Gasteiger partial charge in [0.2, 0.25) is 0 Å². The van der Waals surface area contributed by atoms with Crippen LogP contribution in [0, 0.1) is 0 Å². The van der Waals surface area contributed by atoms with Gasteiger partial charge in [0.05, 0.1) is 25.4 Å². The number of rotatable bonds is 9. The summed E-state index contributed by atoms with van der Waals surface area (Å²) in [5.41, 5.74) is 0. The second-order valence-electron chi connectivity index (χ2n) is 5.40. The highest BCUT2D eigenvalue weighted by Gasteiger charge is 2.19. The zero-order valence-corrected chi connectivity index (χ0v) is 12.7. The van der Waals surface area contributed by atoms with Gasteiger partial charge in [-0.2, -0.15) is 0 Å². The van der Waals surface area contributed by atoms with E-state index in [1.54, 1.807) is 7.11 Å². The van der Waals surface area contributed by atoms with Crippen molar-refractivity contribution in [2.24, 2.45) is 0 Å². The van der Waals surface area contributed by atoms with Crippen LogP contribution in [-0.4, -0.2) is 86.7 Å². The number of aliphatic hydroxyl groups excluding tert-OH is 1. The smallest absolute Gasteiger partial charge is 0.0900 e. The van der Waals surface area contributed by atoms with Crippen LogP contribution in [0.15, 0.2) is 0 Å². The molecule has 0 aliphatic carbocycles. The van der Waals surface area contributed by atoms with Crippen molar-refractivity contribution < 1.29 is 14.6 Å². The van der Waals surface area contributed by atoms with Crippen LogP contribution in [0.4, 0.5) is 0 Å². The predicted octanol–water partition coefficient (Wildman–Crippen LogP) is 0.426. The number of aliphatic hydroxyl groups is 1. The maximum Gasteiger partial charge on any atom is 0.0900 e. The zero-order valence-electron chi connectivity index (χ0n) is 12.7. The van der Waals surface area contributed by atoms with Crippen molar-refractivity contribution in [3.8, 4) is 0 Å². The summed E-state index contributed by atoms with van der Waals surface area (Å²) in [6.45, 7) is 11.3. The fraction of sp³-hybridized carbons (Fsp3) is 1.00. The summed E-state index contributed by atoms with van der Waals surface area (Å²) >= 11 is 0. The quantitative estimate of drug-likeness (QED) is 0.660. The van der Waals surface area contributed by atoms with E-state index in [9.17, 15) is 5.11 Å². The average molecular weight is 274 g/mol. The fourth-order valence-electron chi connectivity index (χ4n) is 2.42. The molecule has 114 valence electrons. The summed E-state index contributed by atoms with van der Waals surface area (Å²) in [5, 5.41) is 9.97. The van der Waals surface area contributed by atoms with E-state index >= 15 is 0 Å². The van der Waals surface area contributed by atoms with Gasteiger partial charge in [0.25, 0.3) is 0 Å². The maximum atomic E-state index is 9.97. The molecule has 0 spiro atoms. The molecule has 1 aliphatic rings. The lowest BCUT2D eigenvalue weighted by Gasteiger charge is -2.35. The minimum atomic E-state index is -0.406. The third-order valence-electron chi connectivity index (χ3n) is 3.45. The molecule has 0 aromatic rings. The van der Waals surface area contributed by atoms with E-state index in [1.807, 2.05) is 6.92 Å². The van der Waals surface area contributed by atoms with Crippen molar-refractivity contribution in [3.63, 3.8) is 0 Å². The highest BCUT2D eigenvalue weighted by Crippen LogP contribution is 2.04. The van der Waals surface area contributed by atoms with E-state index in [0.717, 1.165) is 26.2 Å². The SMILES string of the molecule is CCCN1CCN(CC(O)COC(C)COC)CC1. The standard InChI is InChI=1S/C14H30N2O3/c1-4-5-15-6-8-16(9-7-15)10-14(17)12-19-13(2)11-18-3/h13-14,17H,4-12H2,1-3H3. The van der Waals surface area contributed by atoms with Gasteiger partial charge in [-0.3, -0.25) is 4.90 Å². The Balaban J connectivity index is 2.11. The topological polar surface area (TPSA) is 45.2 Å². The van der Waals surface area contributed by atoms with Crippen LogP contribution in [0.3, 0.4) is 0 Å². The second kappa shape index (κ2) is 9.66. The fourth-order valence-corrected chi connectivity index (χ4v) is 2.42. The summed E-state index contributed by atoms with van der Waals surface area (Å²) < 4.78 is 10.5. The van der Waals surface area contributed by atoms with Gasteiger partial charge in [0, 0.05) is 39.8 Å². The van der Waals surface area contributed by atoms with Crippen molar-refractivity contribution >= 4 is 0 Å². The van der Waals surface area contributed by atoms with Crippen LogP contribution < -0.4 is 0 Å². The Morgan fingerprint density at radius 1 is 1.11 bits per heavy atom. The second-order valence-corrected chi connectivity index (χ2v) is 5.40. The molecule has 2 atom stereocenters. The predicted molar refractivity (Wildman–Crippen MR) is 76.5 cm³/mol. The van der Waals surface area contributed by atoms with Gasteiger partial charge in [-0.15, -0.1) is 0 Å². The van der Waals surface area contributed by atoms with Crippen LogP contribution in [0.25, 0.3) is 0 Å². The lowest BCUT2D eigenvalue weighted by molar-refractivity contribution is -0.0426. The van der Waals surface area contributed by atoms with E-state index in [4.69, 9.17) is 9.47 Å². The van der Waals surface area contributed by atoms with Gasteiger partial charge in [0.15, 0.2) is 0 Å². The van der Waals surface area contributed by atoms with Gasteiger partial charge in [0.1, 0.15) is 0 Å². The monoisotopic (exact) mass is 274 g/mol. The van der Waals surface area contributed by atoms with Gasteiger partial charge >= 0.3 is 0 Å². The van der Waals surface area contributed by atoms with Crippen molar-refractivity contribution in [2.45, 2.75) is 32.5 Å². The van der Waals surface area contributed by atoms with E-state index in [2.05, 4.69) is 16.7 Å². The highest BCUT2D eigenvalue weighted by molar-refractivity contribution is 4.74. The minimum Gasteiger partial charge on any atom is -0.389 e. The zero-order chi connectivity index (χ0) is 14.1. The Morgan fingerprint density at radius 2 is 1.74 bits per heavy atom. The Morgan fingerprint density at radius 3 is 2.32 bits per heavy atom. The van der Waals surface area contributed by atoms with Crippen molar-refractivity contribution in [2.75, 3.05) is 59.6 Å². The molecule has 1 aliphatic heterocycles. The summed E-state index contributed by atoms with van der Waals surface area (Å²) in [6, 6.07) is 0. The lowest BCUT2D eigenvalue weighted by atomic mass is 10.2. The van der Waals surface area contributed by atoms with E-state index in [1.165, 1.54) is 13.0 Å². The molecule has 1 fully saturated rings. The molecular weight excluding hydrogens is 244 g/mol. The highest BCUT2D eigenvalue weighted by atomic mass is 16.5. The molecule has 19 heavy (non-hydrogen) atoms. The summed E-state index contributed by atoms with van der Waals surface area (Å²) in [4.78, 5) is 4.81. The number of hydrogen-bond acceptors (Lipinski definition) is 5. The first-order valence-corrected chi connectivity index (χ1v) is 7.39. The molecule has 0 aromatic carbocycles. The molecule has 1 heterocycles. The van der Waals surface area contributed by atoms with E-state index in [0.29, 0.717) is 19.8 Å². The molecule has 1 saturated heterocycles. The summed E-state index contributed by atoms with van der Waals surface area (Å²) in [7, 11) is 1.66. The largest absolute Gasteiger partial charge is 0.389 e. The normalized spacial score (nSPS) is 21.5. The van der Waals surface area contributed by atoms with E-state index < -0.39 is 6.10 Å². The van der Waals surface area contributed by atoms with Crippen LogP contribution in [0.5, 0.6) is 0 Å². The number of piperazine rings is 1. The van der Waals surface area contributed by atoms with Crippen LogP contribution in [-0.2, 0) is 9.47 Å². The first-order chi connectivity index (χ1) is 9.15. The number of ether oxygens (including phenoxy) is 2. The van der Waals surface area contributed by atoms with Gasteiger partial charge in [-0.25, -0.2) is 0 Å². The number of nitrogens with zero attached hydrogens (tertiary/aromatic N) is 2.